The highest BCUT2D eigenvalue weighted by molar-refractivity contribution is 7.92. The molecule has 3 rings (SSSR count). The topological polar surface area (TPSA) is 108 Å². The van der Waals surface area contributed by atoms with E-state index in [1.165, 1.54) is 19.1 Å². The zero-order valence-electron chi connectivity index (χ0n) is 23.2. The third-order valence-electron chi connectivity index (χ3n) is 6.10. The molecule has 2 unspecified atom stereocenters. The molecule has 0 saturated heterocycles. The summed E-state index contributed by atoms with van der Waals surface area (Å²) in [5, 5.41) is 16.7. The summed E-state index contributed by atoms with van der Waals surface area (Å²) in [6.07, 6.45) is -0.318. The highest BCUT2D eigenvalue weighted by Crippen LogP contribution is 2.26. The number of anilines is 1. The van der Waals surface area contributed by atoms with Gasteiger partial charge < -0.3 is 15.7 Å². The van der Waals surface area contributed by atoms with E-state index in [2.05, 4.69) is 36.1 Å². The molecule has 0 spiro atoms. The number of carbonyl (C=O) groups excluding carboxylic acids is 1. The maximum Gasteiger partial charge on any atom is 0.261 e. The maximum absolute atomic E-state index is 13.7. The highest BCUT2D eigenvalue weighted by Gasteiger charge is 2.22. The van der Waals surface area contributed by atoms with Crippen molar-refractivity contribution in [3.8, 4) is 0 Å². The zero-order chi connectivity index (χ0) is 29.5. The predicted molar refractivity (Wildman–Crippen MR) is 152 cm³/mol. The maximum atomic E-state index is 13.7. The van der Waals surface area contributed by atoms with Crippen LogP contribution < -0.4 is 15.4 Å². The normalized spacial score (nSPS) is 13.5. The number of halogens is 2. The Hall–Kier alpha value is -3.34. The van der Waals surface area contributed by atoms with E-state index in [1.807, 2.05) is 12.1 Å². The molecule has 0 bridgehead atoms. The van der Waals surface area contributed by atoms with Crippen LogP contribution in [-0.4, -0.2) is 38.1 Å². The van der Waals surface area contributed by atoms with Gasteiger partial charge in [0.05, 0.1) is 22.7 Å². The van der Waals surface area contributed by atoms with E-state index in [-0.39, 0.29) is 29.8 Å². The fourth-order valence-corrected chi connectivity index (χ4v) is 5.56. The van der Waals surface area contributed by atoms with Crippen molar-refractivity contribution in [2.45, 2.75) is 64.1 Å². The third kappa shape index (κ3) is 9.69. The van der Waals surface area contributed by atoms with Crippen LogP contribution in [0, 0.1) is 17.0 Å². The van der Waals surface area contributed by atoms with Crippen molar-refractivity contribution < 1.29 is 27.1 Å². The van der Waals surface area contributed by atoms with E-state index < -0.39 is 39.7 Å². The second kappa shape index (κ2) is 13.3. The van der Waals surface area contributed by atoms with E-state index in [9.17, 15) is 27.1 Å². The van der Waals surface area contributed by atoms with Crippen molar-refractivity contribution in [3.63, 3.8) is 0 Å². The standard InChI is InChI=1S/C30H37F2N3O4S/c1-20(36)34-28(15-22-13-24(31)16-25(32)14-22)29(37)19-33-18-23-12-21(17-30(2,3)4)10-11-27(23)35-40(38,39)26-8-6-5-7-9-26/h5-14,16,28-29,33,35,37H,15,17-19H2,1-4H3,(H,34,36). The van der Waals surface area contributed by atoms with Crippen LogP contribution in [-0.2, 0) is 34.2 Å². The van der Waals surface area contributed by atoms with Crippen LogP contribution in [0.5, 0.6) is 0 Å². The molecule has 2 atom stereocenters. The molecule has 216 valence electrons. The van der Waals surface area contributed by atoms with Crippen LogP contribution in [0.25, 0.3) is 0 Å². The highest BCUT2D eigenvalue weighted by atomic mass is 32.2. The molecule has 0 aliphatic rings. The van der Waals surface area contributed by atoms with E-state index >= 15 is 0 Å². The minimum atomic E-state index is -3.83. The smallest absolute Gasteiger partial charge is 0.261 e. The molecule has 3 aromatic carbocycles. The number of sulfonamides is 1. The van der Waals surface area contributed by atoms with Crippen LogP contribution in [0.1, 0.15) is 44.4 Å². The first-order chi connectivity index (χ1) is 18.7. The van der Waals surface area contributed by atoms with E-state index in [4.69, 9.17) is 0 Å². The summed E-state index contributed by atoms with van der Waals surface area (Å²) in [6, 6.07) is 15.9. The van der Waals surface area contributed by atoms with Crippen molar-refractivity contribution in [1.82, 2.24) is 10.6 Å². The van der Waals surface area contributed by atoms with Gasteiger partial charge in [-0.2, -0.15) is 0 Å². The van der Waals surface area contributed by atoms with Crippen molar-refractivity contribution in [2.75, 3.05) is 11.3 Å². The zero-order valence-corrected chi connectivity index (χ0v) is 24.0. The van der Waals surface area contributed by atoms with Gasteiger partial charge in [-0.1, -0.05) is 51.1 Å². The Bertz CT molecular complexity index is 1390. The molecule has 0 aliphatic heterocycles. The van der Waals surface area contributed by atoms with Gasteiger partial charge in [0.15, 0.2) is 0 Å². The van der Waals surface area contributed by atoms with Gasteiger partial charge in [0.1, 0.15) is 11.6 Å². The van der Waals surface area contributed by atoms with Crippen LogP contribution in [0.4, 0.5) is 14.5 Å². The van der Waals surface area contributed by atoms with Gasteiger partial charge in [-0.25, -0.2) is 17.2 Å². The lowest BCUT2D eigenvalue weighted by Crippen LogP contribution is -2.48. The fourth-order valence-electron chi connectivity index (χ4n) is 4.44. The lowest BCUT2D eigenvalue weighted by Gasteiger charge is -2.25. The lowest BCUT2D eigenvalue weighted by atomic mass is 9.87. The fraction of sp³-hybridized carbons (Fsp3) is 0.367. The molecule has 7 nitrogen and oxygen atoms in total. The van der Waals surface area contributed by atoms with Crippen molar-refractivity contribution in [2.24, 2.45) is 5.41 Å². The van der Waals surface area contributed by atoms with Crippen molar-refractivity contribution >= 4 is 21.6 Å². The second-order valence-electron chi connectivity index (χ2n) is 11.1. The molecule has 1 amide bonds. The Balaban J connectivity index is 1.78. The first-order valence-electron chi connectivity index (χ1n) is 13.0. The minimum absolute atomic E-state index is 0.00786. The summed E-state index contributed by atoms with van der Waals surface area (Å²) in [4.78, 5) is 11.9. The predicted octanol–water partition coefficient (Wildman–Crippen LogP) is 4.55. The Labute approximate surface area is 235 Å². The molecule has 0 fully saturated rings. The summed E-state index contributed by atoms with van der Waals surface area (Å²) < 4.78 is 56.0. The molecule has 3 aromatic rings. The number of hydrogen-bond donors (Lipinski definition) is 4. The molecule has 0 aromatic heterocycles. The Morgan fingerprint density at radius 1 is 0.950 bits per heavy atom. The average molecular weight is 574 g/mol. The molecular weight excluding hydrogens is 536 g/mol. The van der Waals surface area contributed by atoms with Gasteiger partial charge in [0.2, 0.25) is 5.91 Å². The van der Waals surface area contributed by atoms with E-state index in [0.717, 1.165) is 30.2 Å². The summed E-state index contributed by atoms with van der Waals surface area (Å²) in [5.41, 5.74) is 2.40. The number of aliphatic hydroxyl groups is 1. The quantitative estimate of drug-likeness (QED) is 0.254. The molecule has 0 aliphatic carbocycles. The van der Waals surface area contributed by atoms with Gasteiger partial charge in [-0.05, 0) is 65.3 Å². The Morgan fingerprint density at radius 2 is 1.60 bits per heavy atom. The van der Waals surface area contributed by atoms with Gasteiger partial charge >= 0.3 is 0 Å². The summed E-state index contributed by atoms with van der Waals surface area (Å²) >= 11 is 0. The monoisotopic (exact) mass is 573 g/mol. The van der Waals surface area contributed by atoms with Crippen LogP contribution >= 0.6 is 0 Å². The number of benzene rings is 3. The molecule has 4 N–H and O–H groups in total. The lowest BCUT2D eigenvalue weighted by molar-refractivity contribution is -0.120. The van der Waals surface area contributed by atoms with Crippen molar-refractivity contribution in [1.29, 1.82) is 0 Å². The van der Waals surface area contributed by atoms with E-state index in [0.29, 0.717) is 16.8 Å². The summed E-state index contributed by atoms with van der Waals surface area (Å²) in [6.45, 7) is 7.87. The largest absolute Gasteiger partial charge is 0.390 e. The molecule has 10 heteroatoms. The molecular formula is C30H37F2N3O4S. The van der Waals surface area contributed by atoms with Gasteiger partial charge in [0.25, 0.3) is 10.0 Å². The summed E-state index contributed by atoms with van der Waals surface area (Å²) in [5.74, 6) is -1.89. The number of hydrogen-bond acceptors (Lipinski definition) is 5. The first kappa shape index (κ1) is 31.2. The second-order valence-corrected chi connectivity index (χ2v) is 12.8. The van der Waals surface area contributed by atoms with Crippen LogP contribution in [0.15, 0.2) is 71.6 Å². The minimum Gasteiger partial charge on any atom is -0.390 e. The van der Waals surface area contributed by atoms with Crippen LogP contribution in [0.2, 0.25) is 0 Å². The third-order valence-corrected chi connectivity index (χ3v) is 7.48. The Kier molecular flexibility index (Phi) is 10.4. The first-order valence-corrected chi connectivity index (χ1v) is 14.5. The Morgan fingerprint density at radius 3 is 2.20 bits per heavy atom. The van der Waals surface area contributed by atoms with Crippen molar-refractivity contribution in [3.05, 3.63) is 95.1 Å². The van der Waals surface area contributed by atoms with Gasteiger partial charge in [-0.3, -0.25) is 9.52 Å². The number of amides is 1. The summed E-state index contributed by atoms with van der Waals surface area (Å²) in [7, 11) is -3.83. The SMILES string of the molecule is CC(=O)NC(Cc1cc(F)cc(F)c1)C(O)CNCc1cc(CC(C)(C)C)ccc1NS(=O)(=O)c1ccccc1. The van der Waals surface area contributed by atoms with E-state index in [1.54, 1.807) is 24.3 Å². The molecule has 0 radical (unpaired) electrons. The number of nitrogens with one attached hydrogen (secondary N) is 3. The molecule has 40 heavy (non-hydrogen) atoms. The van der Waals surface area contributed by atoms with Gasteiger partial charge in [-0.15, -0.1) is 0 Å². The molecule has 0 saturated carbocycles. The number of carbonyl (C=O) groups is 1. The number of aliphatic hydroxyl groups excluding tert-OH is 1. The number of rotatable bonds is 12. The molecule has 0 heterocycles. The van der Waals surface area contributed by atoms with Crippen LogP contribution in [0.3, 0.4) is 0 Å². The average Bonchev–Trinajstić information content (AvgIpc) is 2.83. The van der Waals surface area contributed by atoms with Gasteiger partial charge in [0, 0.05) is 26.1 Å².